The van der Waals surface area contributed by atoms with Crippen molar-refractivity contribution in [1.29, 1.82) is 0 Å². The molecule has 1 rings (SSSR count). The number of Topliss-reactive ketones (excluding diaryl/α,β-unsaturated/α-hetero) is 1. The first-order valence-electron chi connectivity index (χ1n) is 5.39. The first kappa shape index (κ1) is 16.2. The molecule has 104 valence electrons. The van der Waals surface area contributed by atoms with Crippen LogP contribution in [0.1, 0.15) is 16.8 Å². The molecule has 8 heteroatoms. The van der Waals surface area contributed by atoms with E-state index in [2.05, 4.69) is 0 Å². The van der Waals surface area contributed by atoms with Crippen LogP contribution >= 0.6 is 34.8 Å². The highest BCUT2D eigenvalue weighted by Crippen LogP contribution is 2.30. The Morgan fingerprint density at radius 3 is 2.26 bits per heavy atom. The molecule has 0 aliphatic carbocycles. The molecule has 0 aromatic heterocycles. The fourth-order valence-electron chi connectivity index (χ4n) is 1.51. The zero-order valence-corrected chi connectivity index (χ0v) is 12.2. The van der Waals surface area contributed by atoms with Gasteiger partial charge in [-0.05, 0) is 12.1 Å². The topological polar surface area (TPSA) is 76.8 Å². The van der Waals surface area contributed by atoms with Crippen LogP contribution < -0.4 is 5.32 Å². The van der Waals surface area contributed by atoms with Gasteiger partial charge in [0, 0.05) is 17.7 Å². The highest BCUT2D eigenvalue weighted by atomic mass is 35.6. The largest absolute Gasteiger partial charge is 0.342 e. The summed E-state index contributed by atoms with van der Waals surface area (Å²) in [5.41, 5.74) is 0.281. The molecule has 0 fully saturated rings. The van der Waals surface area contributed by atoms with Crippen molar-refractivity contribution in [2.75, 3.05) is 7.05 Å². The number of rotatable bonds is 5. The van der Waals surface area contributed by atoms with Crippen LogP contribution in [-0.2, 0) is 0 Å². The Balaban J connectivity index is 2.80. The molecule has 19 heavy (non-hydrogen) atoms. The van der Waals surface area contributed by atoms with Gasteiger partial charge in [-0.15, -0.1) is 0 Å². The van der Waals surface area contributed by atoms with E-state index in [0.717, 1.165) is 0 Å². The van der Waals surface area contributed by atoms with Gasteiger partial charge in [-0.3, -0.25) is 14.9 Å². The number of nitro groups is 1. The van der Waals surface area contributed by atoms with Crippen LogP contribution in [0.25, 0.3) is 0 Å². The van der Waals surface area contributed by atoms with Crippen LogP contribution in [0.3, 0.4) is 0 Å². The lowest BCUT2D eigenvalue weighted by atomic mass is 10.0. The van der Waals surface area contributed by atoms with Gasteiger partial charge in [-0.2, -0.15) is 0 Å². The number of carbonyl (C=O) groups excluding carboxylic acids is 1. The van der Waals surface area contributed by atoms with E-state index in [1.165, 1.54) is 24.3 Å². The molecular formula is C11H12Cl3N2O3+. The van der Waals surface area contributed by atoms with Crippen LogP contribution in [0, 0.1) is 10.1 Å². The monoisotopic (exact) mass is 325 g/mol. The highest BCUT2D eigenvalue weighted by Gasteiger charge is 2.36. The van der Waals surface area contributed by atoms with Crippen molar-refractivity contribution in [1.82, 2.24) is 0 Å². The van der Waals surface area contributed by atoms with Crippen molar-refractivity contribution in [3.63, 3.8) is 0 Å². The Hall–Kier alpha value is -0.880. The number of alkyl halides is 3. The Kier molecular flexibility index (Phi) is 5.55. The summed E-state index contributed by atoms with van der Waals surface area (Å²) in [5.74, 6) is -0.232. The summed E-state index contributed by atoms with van der Waals surface area (Å²) in [5, 5.41) is 12.2. The van der Waals surface area contributed by atoms with E-state index < -0.39 is 14.8 Å². The molecule has 0 radical (unpaired) electrons. The van der Waals surface area contributed by atoms with Crippen molar-refractivity contribution >= 4 is 46.3 Å². The predicted molar refractivity (Wildman–Crippen MR) is 74.0 cm³/mol. The molecular weight excluding hydrogens is 314 g/mol. The molecule has 1 aromatic carbocycles. The van der Waals surface area contributed by atoms with Gasteiger partial charge in [0.25, 0.3) is 5.69 Å². The minimum Gasteiger partial charge on any atom is -0.342 e. The van der Waals surface area contributed by atoms with Crippen LogP contribution in [0.4, 0.5) is 5.69 Å². The number of nitro benzene ring substituents is 1. The number of nitrogens with zero attached hydrogens (tertiary/aromatic N) is 1. The molecule has 0 saturated heterocycles. The summed E-state index contributed by atoms with van der Waals surface area (Å²) >= 11 is 17.3. The lowest BCUT2D eigenvalue weighted by Crippen LogP contribution is -2.89. The Morgan fingerprint density at radius 1 is 1.37 bits per heavy atom. The van der Waals surface area contributed by atoms with E-state index in [1.54, 1.807) is 12.4 Å². The van der Waals surface area contributed by atoms with E-state index in [4.69, 9.17) is 34.8 Å². The van der Waals surface area contributed by atoms with Gasteiger partial charge < -0.3 is 5.32 Å². The van der Waals surface area contributed by atoms with Crippen molar-refractivity contribution in [3.05, 3.63) is 39.9 Å². The molecule has 1 aromatic rings. The summed E-state index contributed by atoms with van der Waals surface area (Å²) in [6.45, 7) is 0. The number of non-ortho nitro benzene ring substituents is 1. The SMILES string of the molecule is C[NH2+]C(CC(=O)c1ccc([N+](=O)[O-])cc1)C(Cl)(Cl)Cl. The fourth-order valence-corrected chi connectivity index (χ4v) is 2.12. The summed E-state index contributed by atoms with van der Waals surface area (Å²) in [4.78, 5) is 21.9. The molecule has 5 nitrogen and oxygen atoms in total. The summed E-state index contributed by atoms with van der Waals surface area (Å²) in [6.07, 6.45) is 0.0326. The highest BCUT2D eigenvalue weighted by molar-refractivity contribution is 6.68. The number of ketones is 1. The van der Waals surface area contributed by atoms with Gasteiger partial charge in [0.2, 0.25) is 3.79 Å². The van der Waals surface area contributed by atoms with Crippen molar-refractivity contribution in [3.8, 4) is 0 Å². The molecule has 0 aliphatic rings. The zero-order chi connectivity index (χ0) is 14.6. The Morgan fingerprint density at radius 2 is 1.89 bits per heavy atom. The van der Waals surface area contributed by atoms with Gasteiger partial charge >= 0.3 is 0 Å². The minimum atomic E-state index is -1.55. The van der Waals surface area contributed by atoms with E-state index in [-0.39, 0.29) is 17.9 Å². The molecule has 0 amide bonds. The summed E-state index contributed by atoms with van der Waals surface area (Å²) in [7, 11) is 1.70. The number of carbonyl (C=O) groups is 1. The Bertz CT molecular complexity index is 471. The van der Waals surface area contributed by atoms with Crippen molar-refractivity contribution in [2.24, 2.45) is 0 Å². The van der Waals surface area contributed by atoms with Crippen molar-refractivity contribution < 1.29 is 15.0 Å². The second-order valence-corrected chi connectivity index (χ2v) is 6.28. The number of hydrogen-bond donors (Lipinski definition) is 1. The number of quaternary nitrogens is 1. The smallest absolute Gasteiger partial charge is 0.269 e. The summed E-state index contributed by atoms with van der Waals surface area (Å²) < 4.78 is -1.55. The standard InChI is InChI=1S/C11H11Cl3N2O3/c1-15-10(11(12,13)14)6-9(17)7-2-4-8(5-3-7)16(18)19/h2-5,10,15H,6H2,1H3/p+1. The minimum absolute atomic E-state index is 0.0326. The number of hydrogen-bond acceptors (Lipinski definition) is 3. The number of benzene rings is 1. The first-order chi connectivity index (χ1) is 8.75. The Labute approximate surface area is 125 Å². The molecule has 0 spiro atoms. The van der Waals surface area contributed by atoms with Gasteiger partial charge in [-0.25, -0.2) is 0 Å². The third kappa shape index (κ3) is 4.62. The fraction of sp³-hybridized carbons (Fsp3) is 0.364. The molecule has 0 saturated carbocycles. The molecule has 0 aliphatic heterocycles. The third-order valence-corrected chi connectivity index (χ3v) is 3.47. The molecule has 0 heterocycles. The molecule has 2 N–H and O–H groups in total. The summed E-state index contributed by atoms with van der Waals surface area (Å²) in [6, 6.07) is 4.82. The maximum absolute atomic E-state index is 12.0. The van der Waals surface area contributed by atoms with E-state index in [1.807, 2.05) is 0 Å². The maximum atomic E-state index is 12.0. The third-order valence-electron chi connectivity index (χ3n) is 2.63. The molecule has 1 atom stereocenters. The lowest BCUT2D eigenvalue weighted by Gasteiger charge is -2.19. The van der Waals surface area contributed by atoms with E-state index in [9.17, 15) is 14.9 Å². The normalized spacial score (nSPS) is 13.1. The lowest BCUT2D eigenvalue weighted by molar-refractivity contribution is -0.661. The molecule has 0 bridgehead atoms. The van der Waals surface area contributed by atoms with Crippen LogP contribution in [0.5, 0.6) is 0 Å². The van der Waals surface area contributed by atoms with Crippen molar-refractivity contribution in [2.45, 2.75) is 16.3 Å². The van der Waals surface area contributed by atoms with E-state index >= 15 is 0 Å². The van der Waals surface area contributed by atoms with Crippen LogP contribution in [0.2, 0.25) is 0 Å². The van der Waals surface area contributed by atoms with Gasteiger partial charge in [0.1, 0.15) is 6.04 Å². The van der Waals surface area contributed by atoms with E-state index in [0.29, 0.717) is 5.56 Å². The second-order valence-electron chi connectivity index (χ2n) is 3.91. The van der Waals surface area contributed by atoms with Gasteiger partial charge in [0.15, 0.2) is 5.78 Å². The van der Waals surface area contributed by atoms with Crippen LogP contribution in [0.15, 0.2) is 24.3 Å². The van der Waals surface area contributed by atoms with Gasteiger partial charge in [0.05, 0.1) is 18.4 Å². The average Bonchev–Trinajstić information content (AvgIpc) is 2.34. The quantitative estimate of drug-likeness (QED) is 0.389. The number of nitrogens with two attached hydrogens (primary N) is 1. The first-order valence-corrected chi connectivity index (χ1v) is 6.53. The molecule has 1 unspecified atom stereocenters. The zero-order valence-electron chi connectivity index (χ0n) is 9.98. The second kappa shape index (κ2) is 6.52. The predicted octanol–water partition coefficient (Wildman–Crippen LogP) is 2.10. The van der Waals surface area contributed by atoms with Crippen LogP contribution in [-0.4, -0.2) is 27.6 Å². The maximum Gasteiger partial charge on any atom is 0.269 e. The van der Waals surface area contributed by atoms with Gasteiger partial charge in [-0.1, -0.05) is 34.8 Å². The number of halogens is 3. The average molecular weight is 327 g/mol.